The summed E-state index contributed by atoms with van der Waals surface area (Å²) in [6.07, 6.45) is 3.90. The van der Waals surface area contributed by atoms with Gasteiger partial charge in [0.15, 0.2) is 5.13 Å². The second-order valence-electron chi connectivity index (χ2n) is 4.57. The number of hydrogen-bond acceptors (Lipinski definition) is 5. The molecule has 2 heterocycles. The van der Waals surface area contributed by atoms with E-state index < -0.39 is 0 Å². The quantitative estimate of drug-likeness (QED) is 0.895. The predicted octanol–water partition coefficient (Wildman–Crippen LogP) is 2.07. The van der Waals surface area contributed by atoms with Crippen molar-refractivity contribution < 1.29 is 4.79 Å². The Labute approximate surface area is 114 Å². The van der Waals surface area contributed by atoms with Gasteiger partial charge in [0, 0.05) is 17.8 Å². The smallest absolute Gasteiger partial charge is 0.277 e. The Morgan fingerprint density at radius 1 is 1.63 bits per heavy atom. The van der Waals surface area contributed by atoms with Gasteiger partial charge in [-0.05, 0) is 19.8 Å². The minimum Gasteiger partial charge on any atom is -0.396 e. The van der Waals surface area contributed by atoms with Crippen molar-refractivity contribution >= 4 is 28.1 Å². The van der Waals surface area contributed by atoms with Crippen molar-refractivity contribution in [2.75, 3.05) is 11.1 Å². The summed E-state index contributed by atoms with van der Waals surface area (Å²) in [5, 5.41) is 9.47. The van der Waals surface area contributed by atoms with Gasteiger partial charge in [0.1, 0.15) is 5.69 Å². The summed E-state index contributed by atoms with van der Waals surface area (Å²) in [6, 6.07) is 0. The van der Waals surface area contributed by atoms with E-state index in [0.29, 0.717) is 29.0 Å². The Hall–Kier alpha value is -1.89. The van der Waals surface area contributed by atoms with Crippen molar-refractivity contribution in [3.05, 3.63) is 23.0 Å². The number of nitrogens with two attached hydrogens (primary N) is 1. The molecule has 1 aliphatic carbocycles. The molecular weight excluding hydrogens is 262 g/mol. The number of nitrogen functional groups attached to an aromatic ring is 1. The van der Waals surface area contributed by atoms with Crippen LogP contribution in [-0.2, 0) is 6.54 Å². The number of rotatable bonds is 4. The van der Waals surface area contributed by atoms with E-state index >= 15 is 0 Å². The molecule has 3 N–H and O–H groups in total. The van der Waals surface area contributed by atoms with Crippen molar-refractivity contribution in [3.8, 4) is 0 Å². The molecule has 0 unspecified atom stereocenters. The first kappa shape index (κ1) is 12.2. The molecule has 3 rings (SSSR count). The first-order chi connectivity index (χ1) is 9.19. The van der Waals surface area contributed by atoms with Gasteiger partial charge in [-0.3, -0.25) is 14.8 Å². The molecule has 1 fully saturated rings. The van der Waals surface area contributed by atoms with Gasteiger partial charge in [-0.2, -0.15) is 5.10 Å². The van der Waals surface area contributed by atoms with Crippen molar-refractivity contribution in [1.82, 2.24) is 14.8 Å². The summed E-state index contributed by atoms with van der Waals surface area (Å²) in [5.41, 5.74) is 7.64. The Balaban J connectivity index is 1.77. The average Bonchev–Trinajstić information content (AvgIpc) is 3.03. The molecule has 0 atom stereocenters. The summed E-state index contributed by atoms with van der Waals surface area (Å²) in [7, 11) is 0. The van der Waals surface area contributed by atoms with Gasteiger partial charge in [0.25, 0.3) is 5.91 Å². The van der Waals surface area contributed by atoms with E-state index in [1.807, 2.05) is 12.3 Å². The van der Waals surface area contributed by atoms with Crippen molar-refractivity contribution in [1.29, 1.82) is 0 Å². The van der Waals surface area contributed by atoms with Gasteiger partial charge >= 0.3 is 0 Å². The van der Waals surface area contributed by atoms with E-state index in [4.69, 9.17) is 5.73 Å². The molecule has 7 heteroatoms. The molecule has 0 saturated heterocycles. The van der Waals surface area contributed by atoms with Crippen molar-refractivity contribution in [3.63, 3.8) is 0 Å². The number of thiazole rings is 1. The largest absolute Gasteiger partial charge is 0.396 e. The summed E-state index contributed by atoms with van der Waals surface area (Å²) < 4.78 is 1.58. The third kappa shape index (κ3) is 2.33. The molecule has 0 spiro atoms. The lowest BCUT2D eigenvalue weighted by Crippen LogP contribution is -2.18. The van der Waals surface area contributed by atoms with E-state index in [1.54, 1.807) is 4.68 Å². The number of anilines is 2. The third-order valence-corrected chi connectivity index (χ3v) is 3.90. The lowest BCUT2D eigenvalue weighted by atomic mass is 10.3. The Kier molecular flexibility index (Phi) is 2.98. The normalized spacial score (nSPS) is 14.6. The fourth-order valence-corrected chi connectivity index (χ4v) is 2.74. The molecule has 0 radical (unpaired) electrons. The van der Waals surface area contributed by atoms with Crippen LogP contribution < -0.4 is 11.1 Å². The highest BCUT2D eigenvalue weighted by atomic mass is 32.1. The summed E-state index contributed by atoms with van der Waals surface area (Å²) >= 11 is 1.45. The van der Waals surface area contributed by atoms with Crippen LogP contribution in [-0.4, -0.2) is 20.7 Å². The highest BCUT2D eigenvalue weighted by Crippen LogP contribution is 2.40. The van der Waals surface area contributed by atoms with Gasteiger partial charge in [-0.15, -0.1) is 11.3 Å². The van der Waals surface area contributed by atoms with E-state index in [-0.39, 0.29) is 5.91 Å². The van der Waals surface area contributed by atoms with Crippen LogP contribution in [0.2, 0.25) is 0 Å². The zero-order valence-corrected chi connectivity index (χ0v) is 11.4. The monoisotopic (exact) mass is 277 g/mol. The molecule has 2 aromatic heterocycles. The molecule has 1 aliphatic rings. The number of aryl methyl sites for hydroxylation is 1. The lowest BCUT2D eigenvalue weighted by Gasteiger charge is -2.05. The van der Waals surface area contributed by atoms with Gasteiger partial charge < -0.3 is 5.73 Å². The third-order valence-electron chi connectivity index (χ3n) is 3.12. The molecule has 0 bridgehead atoms. The fraction of sp³-hybridized carbons (Fsp3) is 0.417. The van der Waals surface area contributed by atoms with E-state index in [9.17, 15) is 4.79 Å². The van der Waals surface area contributed by atoms with Crippen LogP contribution in [0.3, 0.4) is 0 Å². The van der Waals surface area contributed by atoms with Gasteiger partial charge in [0.2, 0.25) is 0 Å². The van der Waals surface area contributed by atoms with Crippen LogP contribution in [0.1, 0.15) is 41.9 Å². The number of carbonyl (C=O) groups is 1. The molecule has 0 aliphatic heterocycles. The predicted molar refractivity (Wildman–Crippen MR) is 74.4 cm³/mol. The standard InChI is InChI=1S/C12H15N5OS/c1-2-17-10(8(13)5-14-17)11(18)16-12-15-9(6-19-12)7-3-4-7/h5-7H,2-4,13H2,1H3,(H,15,16,18). The topological polar surface area (TPSA) is 85.8 Å². The lowest BCUT2D eigenvalue weighted by molar-refractivity contribution is 0.101. The molecule has 100 valence electrons. The number of nitrogens with zero attached hydrogens (tertiary/aromatic N) is 3. The molecule has 1 amide bonds. The SMILES string of the molecule is CCn1ncc(N)c1C(=O)Nc1nc(C2CC2)cs1. The number of carbonyl (C=O) groups excluding carboxylic acids is 1. The average molecular weight is 277 g/mol. The van der Waals surface area contributed by atoms with Crippen LogP contribution in [0.25, 0.3) is 0 Å². The maximum Gasteiger partial charge on any atom is 0.277 e. The highest BCUT2D eigenvalue weighted by Gasteiger charge is 2.26. The fourth-order valence-electron chi connectivity index (χ4n) is 1.95. The van der Waals surface area contributed by atoms with Crippen molar-refractivity contribution in [2.24, 2.45) is 0 Å². The van der Waals surface area contributed by atoms with E-state index in [2.05, 4.69) is 15.4 Å². The van der Waals surface area contributed by atoms with Crippen LogP contribution in [0.5, 0.6) is 0 Å². The molecule has 19 heavy (non-hydrogen) atoms. The van der Waals surface area contributed by atoms with Crippen LogP contribution in [0.4, 0.5) is 10.8 Å². The van der Waals surface area contributed by atoms with Crippen LogP contribution in [0, 0.1) is 0 Å². The summed E-state index contributed by atoms with van der Waals surface area (Å²) in [5.74, 6) is 0.335. The zero-order valence-electron chi connectivity index (χ0n) is 10.6. The number of amides is 1. The summed E-state index contributed by atoms with van der Waals surface area (Å²) in [6.45, 7) is 2.52. The summed E-state index contributed by atoms with van der Waals surface area (Å²) in [4.78, 5) is 16.6. The molecule has 0 aromatic carbocycles. The first-order valence-corrected chi connectivity index (χ1v) is 7.15. The molecule has 1 saturated carbocycles. The van der Waals surface area contributed by atoms with Gasteiger partial charge in [-0.1, -0.05) is 0 Å². The Bertz CT molecular complexity index is 613. The number of aromatic nitrogens is 3. The maximum atomic E-state index is 12.2. The van der Waals surface area contributed by atoms with Crippen LogP contribution >= 0.6 is 11.3 Å². The number of hydrogen-bond donors (Lipinski definition) is 2. The number of nitrogens with one attached hydrogen (secondary N) is 1. The second-order valence-corrected chi connectivity index (χ2v) is 5.43. The van der Waals surface area contributed by atoms with E-state index in [1.165, 1.54) is 30.4 Å². The minimum atomic E-state index is -0.256. The molecule has 2 aromatic rings. The second kappa shape index (κ2) is 4.65. The molecule has 6 nitrogen and oxygen atoms in total. The first-order valence-electron chi connectivity index (χ1n) is 6.27. The Morgan fingerprint density at radius 3 is 3.11 bits per heavy atom. The van der Waals surface area contributed by atoms with E-state index in [0.717, 1.165) is 5.69 Å². The minimum absolute atomic E-state index is 0.256. The zero-order chi connectivity index (χ0) is 13.4. The van der Waals surface area contributed by atoms with Crippen LogP contribution in [0.15, 0.2) is 11.6 Å². The van der Waals surface area contributed by atoms with Gasteiger partial charge in [-0.25, -0.2) is 4.98 Å². The molecular formula is C12H15N5OS. The highest BCUT2D eigenvalue weighted by molar-refractivity contribution is 7.14. The van der Waals surface area contributed by atoms with Crippen molar-refractivity contribution in [2.45, 2.75) is 32.2 Å². The Morgan fingerprint density at radius 2 is 2.42 bits per heavy atom. The van der Waals surface area contributed by atoms with Gasteiger partial charge in [0.05, 0.1) is 17.6 Å². The maximum absolute atomic E-state index is 12.2.